The minimum absolute atomic E-state index is 0.253. The van der Waals surface area contributed by atoms with Crippen molar-refractivity contribution in [2.24, 2.45) is 0 Å². The Bertz CT molecular complexity index is 1900. The van der Waals surface area contributed by atoms with E-state index < -0.39 is 124 Å². The molecule has 3 fully saturated rings. The highest BCUT2D eigenvalue weighted by Gasteiger charge is 2.53. The molecule has 89 heavy (non-hydrogen) atoms. The summed E-state index contributed by atoms with van der Waals surface area (Å²) < 4.78 is 34.4. The summed E-state index contributed by atoms with van der Waals surface area (Å²) in [6, 6.07) is -0.896. The summed E-state index contributed by atoms with van der Waals surface area (Å²) in [5, 5.41) is 121. The molecule has 19 heteroatoms. The molecule has 3 saturated heterocycles. The second-order valence-electron chi connectivity index (χ2n) is 24.6. The zero-order chi connectivity index (χ0) is 64.7. The topological polar surface area (TPSA) is 307 Å². The molecule has 3 heterocycles. The predicted octanol–water partition coefficient (Wildman–Crippen LogP) is 8.94. The number of aliphatic hydroxyl groups is 11. The highest BCUT2D eigenvalue weighted by Crippen LogP contribution is 2.33. The third kappa shape index (κ3) is 33.8. The van der Waals surface area contributed by atoms with Crippen LogP contribution in [0.4, 0.5) is 0 Å². The van der Waals surface area contributed by atoms with Crippen molar-refractivity contribution in [3.63, 3.8) is 0 Å². The number of nitrogens with one attached hydrogen (secondary N) is 1. The highest BCUT2D eigenvalue weighted by atomic mass is 16.8. The lowest BCUT2D eigenvalue weighted by Gasteiger charge is -2.48. The molecule has 0 radical (unpaired) electrons. The number of ether oxygens (including phenoxy) is 6. The van der Waals surface area contributed by atoms with Gasteiger partial charge in [0.2, 0.25) is 5.91 Å². The minimum atomic E-state index is -1.98. The molecule has 0 bridgehead atoms. The maximum absolute atomic E-state index is 13.4. The molecular weight excluding hydrogens is 1140 g/mol. The lowest BCUT2D eigenvalue weighted by atomic mass is 9.96. The third-order valence-corrected chi connectivity index (χ3v) is 17.0. The Labute approximate surface area is 534 Å². The van der Waals surface area contributed by atoms with Gasteiger partial charge in [-0.05, 0) is 64.2 Å². The normalized spacial score (nSPS) is 28.7. The molecule has 17 atom stereocenters. The van der Waals surface area contributed by atoms with Crippen LogP contribution in [0.3, 0.4) is 0 Å². The SMILES string of the molecule is CC/C=C\C/C=C\C/C=C\C/C=C\C/C=C\C/C=C\CCCCCCCCCCC(=O)NC(COC1OC(CO)C(OC2OC(CO)C(OC3OC(CO)C(O)C(O)C3O)C(O)C2O)C(O)C1O)C(O)CCCCCCCCCCCCCCCCCCC. The van der Waals surface area contributed by atoms with Gasteiger partial charge in [0.25, 0.3) is 0 Å². The lowest BCUT2D eigenvalue weighted by molar-refractivity contribution is -0.379. The third-order valence-electron chi connectivity index (χ3n) is 17.0. The fourth-order valence-corrected chi connectivity index (χ4v) is 11.4. The molecule has 12 N–H and O–H groups in total. The fourth-order valence-electron chi connectivity index (χ4n) is 11.4. The van der Waals surface area contributed by atoms with Gasteiger partial charge in [0.1, 0.15) is 73.2 Å². The summed E-state index contributed by atoms with van der Waals surface area (Å²) in [5.74, 6) is -0.253. The van der Waals surface area contributed by atoms with Crippen LogP contribution in [-0.2, 0) is 33.2 Å². The number of amides is 1. The van der Waals surface area contributed by atoms with E-state index in [1.807, 2.05) is 0 Å². The van der Waals surface area contributed by atoms with E-state index in [0.717, 1.165) is 96.3 Å². The van der Waals surface area contributed by atoms with Crippen molar-refractivity contribution in [2.45, 2.75) is 336 Å². The van der Waals surface area contributed by atoms with Gasteiger partial charge >= 0.3 is 0 Å². The predicted molar refractivity (Wildman–Crippen MR) is 346 cm³/mol. The standard InChI is InChI=1S/C70H123NO18/c1-3-5-7-9-11-13-15-17-19-21-22-23-24-25-26-27-28-29-30-32-34-36-38-40-42-44-46-48-58(76)71-53(54(75)47-45-43-41-39-37-35-33-31-20-18-16-14-12-10-8-6-4-2)52-84-68-64(82)61(79)66(56(50-73)86-68)89-70-65(83)62(80)67(57(51-74)87-70)88-69-63(81)60(78)59(77)55(49-72)85-69/h5,7,11,13,17,19,22-23,25-26,28-29,53-57,59-70,72-75,77-83H,3-4,6,8-10,12,14-16,18,20-21,24,27,30-52H2,1-2H3,(H,71,76)/b7-5-,13-11-,19-17-,23-22-,26-25-,29-28-. The van der Waals surface area contributed by atoms with E-state index in [-0.39, 0.29) is 18.9 Å². The fraction of sp³-hybridized carbons (Fsp3) is 0.814. The van der Waals surface area contributed by atoms with Crippen LogP contribution < -0.4 is 5.32 Å². The van der Waals surface area contributed by atoms with Crippen molar-refractivity contribution in [1.29, 1.82) is 0 Å². The Kier molecular flexibility index (Phi) is 46.7. The quantitative estimate of drug-likeness (QED) is 0.0200. The van der Waals surface area contributed by atoms with Crippen molar-refractivity contribution in [3.8, 4) is 0 Å². The smallest absolute Gasteiger partial charge is 0.220 e. The average Bonchev–Trinajstić information content (AvgIpc) is 2.46. The first-order valence-corrected chi connectivity index (χ1v) is 34.7. The van der Waals surface area contributed by atoms with Crippen LogP contribution in [0.5, 0.6) is 0 Å². The van der Waals surface area contributed by atoms with E-state index in [2.05, 4.69) is 92.1 Å². The van der Waals surface area contributed by atoms with E-state index in [0.29, 0.717) is 12.8 Å². The Hall–Kier alpha value is -2.77. The Balaban J connectivity index is 1.43. The van der Waals surface area contributed by atoms with Crippen LogP contribution in [0.1, 0.15) is 232 Å². The maximum Gasteiger partial charge on any atom is 0.220 e. The van der Waals surface area contributed by atoms with Crippen molar-refractivity contribution in [3.05, 3.63) is 72.9 Å². The van der Waals surface area contributed by atoms with Gasteiger partial charge in [0.15, 0.2) is 18.9 Å². The minimum Gasteiger partial charge on any atom is -0.394 e. The van der Waals surface area contributed by atoms with Crippen molar-refractivity contribution in [1.82, 2.24) is 5.32 Å². The maximum atomic E-state index is 13.4. The largest absolute Gasteiger partial charge is 0.394 e. The summed E-state index contributed by atoms with van der Waals surface area (Å²) in [6.07, 6.45) is 36.8. The van der Waals surface area contributed by atoms with E-state index in [4.69, 9.17) is 28.4 Å². The van der Waals surface area contributed by atoms with Crippen LogP contribution in [0.2, 0.25) is 0 Å². The van der Waals surface area contributed by atoms with E-state index in [1.54, 1.807) is 0 Å². The second-order valence-corrected chi connectivity index (χ2v) is 24.6. The number of unbranched alkanes of at least 4 members (excludes halogenated alkanes) is 24. The lowest BCUT2D eigenvalue weighted by Crippen LogP contribution is -2.66. The number of carbonyl (C=O) groups excluding carboxylic acids is 1. The van der Waals surface area contributed by atoms with Crippen molar-refractivity contribution >= 4 is 5.91 Å². The average molecular weight is 1270 g/mol. The Morgan fingerprint density at radius 1 is 0.416 bits per heavy atom. The molecule has 0 aliphatic carbocycles. The molecule has 516 valence electrons. The molecular formula is C70H123NO18. The van der Waals surface area contributed by atoms with Gasteiger partial charge in [0.05, 0.1) is 38.6 Å². The first-order valence-electron chi connectivity index (χ1n) is 34.7. The van der Waals surface area contributed by atoms with E-state index >= 15 is 0 Å². The molecule has 3 aliphatic heterocycles. The monoisotopic (exact) mass is 1270 g/mol. The molecule has 0 saturated carbocycles. The zero-order valence-electron chi connectivity index (χ0n) is 54.4. The van der Waals surface area contributed by atoms with Crippen LogP contribution in [0, 0.1) is 0 Å². The highest BCUT2D eigenvalue weighted by molar-refractivity contribution is 5.76. The zero-order valence-corrected chi connectivity index (χ0v) is 54.4. The second kappa shape index (κ2) is 51.6. The summed E-state index contributed by atoms with van der Waals surface area (Å²) in [5.41, 5.74) is 0. The van der Waals surface area contributed by atoms with Gasteiger partial charge in [-0.3, -0.25) is 4.79 Å². The Morgan fingerprint density at radius 3 is 1.21 bits per heavy atom. The molecule has 3 aliphatic rings. The molecule has 0 aromatic rings. The summed E-state index contributed by atoms with van der Waals surface area (Å²) in [7, 11) is 0. The van der Waals surface area contributed by atoms with Gasteiger partial charge in [-0.25, -0.2) is 0 Å². The summed E-state index contributed by atoms with van der Waals surface area (Å²) in [4.78, 5) is 13.4. The van der Waals surface area contributed by atoms with Gasteiger partial charge in [-0.15, -0.1) is 0 Å². The molecule has 0 aromatic heterocycles. The number of hydrogen-bond acceptors (Lipinski definition) is 18. The van der Waals surface area contributed by atoms with Crippen LogP contribution in [0.15, 0.2) is 72.9 Å². The Morgan fingerprint density at radius 2 is 0.775 bits per heavy atom. The number of rotatable bonds is 52. The van der Waals surface area contributed by atoms with Crippen LogP contribution in [-0.4, -0.2) is 193 Å². The van der Waals surface area contributed by atoms with Gasteiger partial charge in [0, 0.05) is 6.42 Å². The summed E-state index contributed by atoms with van der Waals surface area (Å²) in [6.45, 7) is 1.68. The van der Waals surface area contributed by atoms with Gasteiger partial charge in [-0.1, -0.05) is 234 Å². The van der Waals surface area contributed by atoms with Crippen molar-refractivity contribution < 1.29 is 89.4 Å². The van der Waals surface area contributed by atoms with Crippen molar-refractivity contribution in [2.75, 3.05) is 26.4 Å². The summed E-state index contributed by atoms with van der Waals surface area (Å²) >= 11 is 0. The van der Waals surface area contributed by atoms with Gasteiger partial charge < -0.3 is 89.9 Å². The molecule has 0 spiro atoms. The number of aliphatic hydroxyl groups excluding tert-OH is 11. The first kappa shape index (κ1) is 80.5. The number of carbonyl (C=O) groups is 1. The molecule has 0 aromatic carbocycles. The number of hydrogen-bond donors (Lipinski definition) is 12. The molecule has 19 nitrogen and oxygen atoms in total. The van der Waals surface area contributed by atoms with Gasteiger partial charge in [-0.2, -0.15) is 0 Å². The number of allylic oxidation sites excluding steroid dienone is 12. The molecule has 17 unspecified atom stereocenters. The van der Waals surface area contributed by atoms with Crippen LogP contribution >= 0.6 is 0 Å². The molecule has 3 rings (SSSR count). The van der Waals surface area contributed by atoms with E-state index in [1.165, 1.54) is 103 Å². The first-order chi connectivity index (χ1) is 43.3. The van der Waals surface area contributed by atoms with E-state index in [9.17, 15) is 61.0 Å². The van der Waals surface area contributed by atoms with Crippen LogP contribution in [0.25, 0.3) is 0 Å². The molecule has 1 amide bonds.